The number of halogens is 1. The molecule has 1 aliphatic rings. The van der Waals surface area contributed by atoms with Gasteiger partial charge in [0.05, 0.1) is 12.3 Å². The molecule has 0 aromatic heterocycles. The zero-order chi connectivity index (χ0) is 13.1. The van der Waals surface area contributed by atoms with Crippen molar-refractivity contribution < 1.29 is 18.7 Å². The third-order valence-electron chi connectivity index (χ3n) is 2.69. The molecule has 1 aliphatic heterocycles. The topological polar surface area (TPSA) is 49.9 Å². The van der Waals surface area contributed by atoms with Crippen molar-refractivity contribution in [3.8, 4) is 0 Å². The number of hydrogen-bond donors (Lipinski definition) is 0. The van der Waals surface area contributed by atoms with Gasteiger partial charge in [0.25, 0.3) is 5.91 Å². The molecule has 0 N–H and O–H groups in total. The molecule has 1 fully saturated rings. The van der Waals surface area contributed by atoms with Gasteiger partial charge >= 0.3 is 6.03 Å². The third kappa shape index (κ3) is 2.33. The van der Waals surface area contributed by atoms with Crippen LogP contribution in [0.2, 0.25) is 0 Å². The first-order chi connectivity index (χ1) is 8.63. The molecule has 5 nitrogen and oxygen atoms in total. The molecule has 1 saturated heterocycles. The molecule has 0 spiro atoms. The van der Waals surface area contributed by atoms with Crippen LogP contribution in [-0.2, 0) is 9.53 Å². The summed E-state index contributed by atoms with van der Waals surface area (Å²) in [5.74, 6) is -0.725. The first-order valence-corrected chi connectivity index (χ1v) is 5.50. The van der Waals surface area contributed by atoms with Crippen molar-refractivity contribution in [1.29, 1.82) is 0 Å². The quantitative estimate of drug-likeness (QED) is 0.757. The van der Waals surface area contributed by atoms with Crippen molar-refractivity contribution in [3.63, 3.8) is 0 Å². The summed E-state index contributed by atoms with van der Waals surface area (Å²) in [6.45, 7) is 0.759. The van der Waals surface area contributed by atoms with E-state index in [1.165, 1.54) is 36.3 Å². The Morgan fingerprint density at radius 1 is 1.28 bits per heavy atom. The maximum atomic E-state index is 12.8. The van der Waals surface area contributed by atoms with Gasteiger partial charge in [-0.15, -0.1) is 0 Å². The summed E-state index contributed by atoms with van der Waals surface area (Å²) in [7, 11) is 1.53. The summed E-state index contributed by atoms with van der Waals surface area (Å²) in [5, 5.41) is 0. The lowest BCUT2D eigenvalue weighted by Gasteiger charge is -2.16. The number of hydrogen-bond acceptors (Lipinski definition) is 3. The van der Waals surface area contributed by atoms with E-state index in [-0.39, 0.29) is 12.5 Å². The number of imide groups is 1. The maximum Gasteiger partial charge on any atom is 0.331 e. The van der Waals surface area contributed by atoms with Crippen molar-refractivity contribution in [2.24, 2.45) is 0 Å². The van der Waals surface area contributed by atoms with Crippen LogP contribution in [0.3, 0.4) is 0 Å². The van der Waals surface area contributed by atoms with Gasteiger partial charge in [-0.05, 0) is 24.3 Å². The van der Waals surface area contributed by atoms with Crippen LogP contribution in [0, 0.1) is 5.82 Å². The zero-order valence-electron chi connectivity index (χ0n) is 9.93. The molecule has 0 bridgehead atoms. The fraction of sp³-hybridized carbons (Fsp3) is 0.333. The van der Waals surface area contributed by atoms with E-state index in [4.69, 9.17) is 4.74 Å². The second-order valence-corrected chi connectivity index (χ2v) is 3.90. The van der Waals surface area contributed by atoms with Gasteiger partial charge in [-0.2, -0.15) is 0 Å². The first-order valence-electron chi connectivity index (χ1n) is 5.50. The highest BCUT2D eigenvalue weighted by atomic mass is 19.1. The van der Waals surface area contributed by atoms with Gasteiger partial charge in [0.1, 0.15) is 12.4 Å². The molecular formula is C12H13FN2O3. The Kier molecular flexibility index (Phi) is 3.57. The lowest BCUT2D eigenvalue weighted by molar-refractivity contribution is -0.116. The molecule has 0 radical (unpaired) electrons. The highest BCUT2D eigenvalue weighted by Crippen LogP contribution is 2.21. The van der Waals surface area contributed by atoms with Crippen molar-refractivity contribution >= 4 is 17.6 Å². The third-order valence-corrected chi connectivity index (χ3v) is 2.69. The lowest BCUT2D eigenvalue weighted by Crippen LogP contribution is -2.34. The Balaban J connectivity index is 2.16. The number of methoxy groups -OCH3 is 1. The highest BCUT2D eigenvalue weighted by Gasteiger charge is 2.36. The Hall–Kier alpha value is -1.95. The van der Waals surface area contributed by atoms with Gasteiger partial charge in [-0.25, -0.2) is 14.1 Å². The van der Waals surface area contributed by atoms with E-state index in [0.29, 0.717) is 18.8 Å². The number of carbonyl (C=O) groups is 2. The van der Waals surface area contributed by atoms with E-state index in [9.17, 15) is 14.0 Å². The van der Waals surface area contributed by atoms with Crippen LogP contribution in [0.1, 0.15) is 0 Å². The molecule has 3 amide bonds. The smallest absolute Gasteiger partial charge is 0.331 e. The summed E-state index contributed by atoms with van der Waals surface area (Å²) in [5.41, 5.74) is 0.381. The van der Waals surface area contributed by atoms with Crippen molar-refractivity contribution in [2.45, 2.75) is 0 Å². The van der Waals surface area contributed by atoms with E-state index in [1.807, 2.05) is 0 Å². The Morgan fingerprint density at radius 3 is 2.56 bits per heavy atom. The molecule has 0 aliphatic carbocycles. The molecule has 0 saturated carbocycles. The average Bonchev–Trinajstić information content (AvgIpc) is 2.63. The van der Waals surface area contributed by atoms with Crippen LogP contribution in [0.25, 0.3) is 0 Å². The van der Waals surface area contributed by atoms with Crippen LogP contribution in [0.5, 0.6) is 0 Å². The molecular weight excluding hydrogens is 239 g/mol. The van der Waals surface area contributed by atoms with Gasteiger partial charge in [0.2, 0.25) is 0 Å². The van der Waals surface area contributed by atoms with Crippen molar-refractivity contribution in [3.05, 3.63) is 30.1 Å². The Morgan fingerprint density at radius 2 is 1.94 bits per heavy atom. The van der Waals surface area contributed by atoms with Crippen LogP contribution in [0.4, 0.5) is 14.9 Å². The molecule has 1 aromatic carbocycles. The van der Waals surface area contributed by atoms with E-state index >= 15 is 0 Å². The minimum absolute atomic E-state index is 0.0274. The van der Waals surface area contributed by atoms with Gasteiger partial charge in [0, 0.05) is 13.7 Å². The van der Waals surface area contributed by atoms with Crippen molar-refractivity contribution in [1.82, 2.24) is 4.90 Å². The molecule has 0 unspecified atom stereocenters. The Labute approximate surface area is 104 Å². The standard InChI is InChI=1S/C12H13FN2O3/c1-18-7-6-14-8-11(16)15(12(14)17)10-4-2-9(13)3-5-10/h2-5H,6-8H2,1H3. The second-order valence-electron chi connectivity index (χ2n) is 3.90. The fourth-order valence-electron chi connectivity index (χ4n) is 1.77. The number of rotatable bonds is 4. The largest absolute Gasteiger partial charge is 0.383 e. The van der Waals surface area contributed by atoms with E-state index in [1.54, 1.807) is 0 Å². The second kappa shape index (κ2) is 5.14. The Bertz CT molecular complexity index is 461. The normalized spacial score (nSPS) is 15.7. The van der Waals surface area contributed by atoms with E-state index in [0.717, 1.165) is 4.90 Å². The molecule has 0 atom stereocenters. The van der Waals surface area contributed by atoms with E-state index < -0.39 is 11.8 Å². The number of anilines is 1. The van der Waals surface area contributed by atoms with Crippen LogP contribution in [0.15, 0.2) is 24.3 Å². The summed E-state index contributed by atoms with van der Waals surface area (Å²) in [4.78, 5) is 26.2. The van der Waals surface area contributed by atoms with Gasteiger partial charge in [-0.3, -0.25) is 4.79 Å². The average molecular weight is 252 g/mol. The SMILES string of the molecule is COCCN1CC(=O)N(c2ccc(F)cc2)C1=O. The summed E-state index contributed by atoms with van der Waals surface area (Å²) in [6.07, 6.45) is 0. The van der Waals surface area contributed by atoms with Crippen LogP contribution >= 0.6 is 0 Å². The molecule has 1 heterocycles. The number of urea groups is 1. The molecule has 18 heavy (non-hydrogen) atoms. The van der Waals surface area contributed by atoms with Gasteiger partial charge < -0.3 is 9.64 Å². The lowest BCUT2D eigenvalue weighted by atomic mass is 10.3. The number of ether oxygens (including phenoxy) is 1. The number of nitrogens with zero attached hydrogens (tertiary/aromatic N) is 2. The molecule has 2 rings (SSSR count). The predicted octanol–water partition coefficient (Wildman–Crippen LogP) is 1.24. The maximum absolute atomic E-state index is 12.8. The zero-order valence-corrected chi connectivity index (χ0v) is 9.93. The number of carbonyl (C=O) groups excluding carboxylic acids is 2. The van der Waals surface area contributed by atoms with Gasteiger partial charge in [-0.1, -0.05) is 0 Å². The van der Waals surface area contributed by atoms with Crippen molar-refractivity contribution in [2.75, 3.05) is 31.7 Å². The van der Waals surface area contributed by atoms with Crippen LogP contribution < -0.4 is 4.90 Å². The predicted molar refractivity (Wildman–Crippen MR) is 62.7 cm³/mol. The summed E-state index contributed by atoms with van der Waals surface area (Å²) in [6, 6.07) is 4.85. The molecule has 96 valence electrons. The molecule has 1 aromatic rings. The number of amides is 3. The van der Waals surface area contributed by atoms with Crippen LogP contribution in [-0.4, -0.2) is 43.6 Å². The first kappa shape index (κ1) is 12.5. The number of benzene rings is 1. The summed E-state index contributed by atoms with van der Waals surface area (Å²) < 4.78 is 17.7. The fourth-order valence-corrected chi connectivity index (χ4v) is 1.77. The minimum Gasteiger partial charge on any atom is -0.383 e. The minimum atomic E-state index is -0.408. The van der Waals surface area contributed by atoms with E-state index in [2.05, 4.69) is 0 Å². The highest BCUT2D eigenvalue weighted by molar-refractivity contribution is 6.19. The monoisotopic (exact) mass is 252 g/mol. The van der Waals surface area contributed by atoms with Gasteiger partial charge in [0.15, 0.2) is 0 Å². The summed E-state index contributed by atoms with van der Waals surface area (Å²) >= 11 is 0. The molecule has 6 heteroatoms.